The minimum atomic E-state index is 0.752. The number of hydrogen-bond acceptors (Lipinski definition) is 5. The molecule has 14 heavy (non-hydrogen) atoms. The van der Waals surface area contributed by atoms with Gasteiger partial charge in [-0.15, -0.1) is 0 Å². The lowest BCUT2D eigenvalue weighted by Gasteiger charge is -2.04. The Morgan fingerprint density at radius 1 is 1.36 bits per heavy atom. The van der Waals surface area contributed by atoms with E-state index in [1.807, 2.05) is 0 Å². The molecule has 0 amide bonds. The van der Waals surface area contributed by atoms with Crippen molar-refractivity contribution in [3.8, 4) is 0 Å². The Morgan fingerprint density at radius 2 is 2.21 bits per heavy atom. The van der Waals surface area contributed by atoms with Crippen LogP contribution in [0.15, 0.2) is 6.20 Å². The quantitative estimate of drug-likeness (QED) is 0.475. The maximum atomic E-state index is 4.90. The lowest BCUT2D eigenvalue weighted by Crippen LogP contribution is -2.29. The van der Waals surface area contributed by atoms with Crippen molar-refractivity contribution in [3.63, 3.8) is 0 Å². The number of rotatable bonds is 8. The largest absolute Gasteiger partial charge is 0.383 e. The van der Waals surface area contributed by atoms with E-state index in [1.54, 1.807) is 13.3 Å². The highest BCUT2D eigenvalue weighted by molar-refractivity contribution is 4.88. The highest BCUT2D eigenvalue weighted by Crippen LogP contribution is 1.84. The van der Waals surface area contributed by atoms with Gasteiger partial charge in [0.25, 0.3) is 0 Å². The van der Waals surface area contributed by atoms with Crippen molar-refractivity contribution in [2.75, 3.05) is 33.4 Å². The molecule has 80 valence electrons. The number of nitrogens with one attached hydrogen (secondary N) is 3. The van der Waals surface area contributed by atoms with E-state index in [0.29, 0.717) is 0 Å². The van der Waals surface area contributed by atoms with Crippen LogP contribution in [0.5, 0.6) is 0 Å². The smallest absolute Gasteiger partial charge is 0.0962 e. The van der Waals surface area contributed by atoms with Crippen LogP contribution in [0.4, 0.5) is 0 Å². The first kappa shape index (κ1) is 11.1. The van der Waals surface area contributed by atoms with E-state index in [4.69, 9.17) is 4.74 Å². The van der Waals surface area contributed by atoms with E-state index in [1.165, 1.54) is 0 Å². The first-order valence-electron chi connectivity index (χ1n) is 4.68. The maximum absolute atomic E-state index is 4.90. The van der Waals surface area contributed by atoms with Crippen LogP contribution in [0, 0.1) is 0 Å². The zero-order chi connectivity index (χ0) is 10.1. The van der Waals surface area contributed by atoms with Crippen LogP contribution in [0.25, 0.3) is 0 Å². The molecule has 0 aliphatic rings. The minimum absolute atomic E-state index is 0.752. The van der Waals surface area contributed by atoms with Gasteiger partial charge < -0.3 is 15.4 Å². The van der Waals surface area contributed by atoms with Gasteiger partial charge in [0.15, 0.2) is 0 Å². The Balaban J connectivity index is 1.85. The van der Waals surface area contributed by atoms with Crippen LogP contribution in [0.1, 0.15) is 5.69 Å². The Bertz CT molecular complexity index is 214. The number of ether oxygens (including phenoxy) is 1. The van der Waals surface area contributed by atoms with Crippen molar-refractivity contribution >= 4 is 0 Å². The van der Waals surface area contributed by atoms with E-state index in [0.717, 1.165) is 38.5 Å². The fraction of sp³-hybridized carbons (Fsp3) is 0.750. The molecule has 0 fully saturated rings. The summed E-state index contributed by atoms with van der Waals surface area (Å²) in [5.74, 6) is 0. The summed E-state index contributed by atoms with van der Waals surface area (Å²) in [6.45, 7) is 4.24. The molecule has 1 aromatic rings. The third-order valence-electron chi connectivity index (χ3n) is 1.73. The van der Waals surface area contributed by atoms with Crippen LogP contribution >= 0.6 is 0 Å². The molecule has 0 radical (unpaired) electrons. The molecule has 0 saturated carbocycles. The van der Waals surface area contributed by atoms with Gasteiger partial charge >= 0.3 is 0 Å². The highest BCUT2D eigenvalue weighted by atomic mass is 16.5. The zero-order valence-corrected chi connectivity index (χ0v) is 8.42. The van der Waals surface area contributed by atoms with E-state index in [-0.39, 0.29) is 0 Å². The fourth-order valence-corrected chi connectivity index (χ4v) is 1.00. The number of nitrogens with zero attached hydrogens (tertiary/aromatic N) is 2. The van der Waals surface area contributed by atoms with Gasteiger partial charge in [-0.2, -0.15) is 15.4 Å². The normalized spacial score (nSPS) is 10.6. The molecule has 0 saturated heterocycles. The number of methoxy groups -OCH3 is 1. The second kappa shape index (κ2) is 7.43. The summed E-state index contributed by atoms with van der Waals surface area (Å²) in [5, 5.41) is 16.7. The Morgan fingerprint density at radius 3 is 2.93 bits per heavy atom. The van der Waals surface area contributed by atoms with Gasteiger partial charge in [0.2, 0.25) is 0 Å². The molecule has 0 atom stereocenters. The molecule has 1 heterocycles. The first-order valence-corrected chi connectivity index (χ1v) is 4.68. The summed E-state index contributed by atoms with van der Waals surface area (Å²) in [6, 6.07) is 0. The average Bonchev–Trinajstić information content (AvgIpc) is 2.69. The minimum Gasteiger partial charge on any atom is -0.383 e. The van der Waals surface area contributed by atoms with E-state index in [9.17, 15) is 0 Å². The van der Waals surface area contributed by atoms with Gasteiger partial charge in [-0.3, -0.25) is 0 Å². The summed E-state index contributed by atoms with van der Waals surface area (Å²) >= 11 is 0. The molecule has 0 spiro atoms. The standard InChI is InChI=1S/C8H17N5O/c1-14-5-4-9-2-3-10-6-8-7-11-13-12-8/h7,9-10H,2-6H2,1H3,(H,11,12,13). The highest BCUT2D eigenvalue weighted by Gasteiger charge is 1.93. The predicted molar refractivity (Wildman–Crippen MR) is 52.8 cm³/mol. The molecule has 3 N–H and O–H groups in total. The molecule has 0 aliphatic heterocycles. The van der Waals surface area contributed by atoms with Crippen molar-refractivity contribution in [2.45, 2.75) is 6.54 Å². The van der Waals surface area contributed by atoms with Gasteiger partial charge in [-0.1, -0.05) is 0 Å². The first-order chi connectivity index (χ1) is 6.93. The SMILES string of the molecule is COCCNCCNCc1cn[nH]n1. The van der Waals surface area contributed by atoms with Crippen LogP contribution in [-0.4, -0.2) is 48.8 Å². The van der Waals surface area contributed by atoms with Crippen molar-refractivity contribution in [2.24, 2.45) is 0 Å². The number of aromatic nitrogens is 3. The Hall–Kier alpha value is -0.980. The predicted octanol–water partition coefficient (Wildman–Crippen LogP) is -0.870. The summed E-state index contributed by atoms with van der Waals surface area (Å²) in [5.41, 5.74) is 0.932. The molecule has 0 aliphatic carbocycles. The summed E-state index contributed by atoms with van der Waals surface area (Å²) < 4.78 is 4.90. The topological polar surface area (TPSA) is 74.9 Å². The van der Waals surface area contributed by atoms with E-state index >= 15 is 0 Å². The summed E-state index contributed by atoms with van der Waals surface area (Å²) in [4.78, 5) is 0. The molecule has 6 nitrogen and oxygen atoms in total. The lowest BCUT2D eigenvalue weighted by atomic mass is 10.4. The molecule has 0 aromatic carbocycles. The summed E-state index contributed by atoms with van der Waals surface area (Å²) in [7, 11) is 1.70. The van der Waals surface area contributed by atoms with Gasteiger partial charge in [0.1, 0.15) is 0 Å². The lowest BCUT2D eigenvalue weighted by molar-refractivity contribution is 0.199. The fourth-order valence-electron chi connectivity index (χ4n) is 1.00. The zero-order valence-electron chi connectivity index (χ0n) is 8.42. The van der Waals surface area contributed by atoms with Gasteiger partial charge in [-0.25, -0.2) is 0 Å². The van der Waals surface area contributed by atoms with E-state index < -0.39 is 0 Å². The third kappa shape index (κ3) is 4.90. The molecule has 0 unspecified atom stereocenters. The molecule has 1 rings (SSSR count). The molecular weight excluding hydrogens is 182 g/mol. The Kier molecular flexibility index (Phi) is 5.89. The second-order valence-corrected chi connectivity index (χ2v) is 2.88. The van der Waals surface area contributed by atoms with E-state index in [2.05, 4.69) is 26.0 Å². The van der Waals surface area contributed by atoms with Gasteiger partial charge in [-0.05, 0) is 0 Å². The molecule has 6 heteroatoms. The van der Waals surface area contributed by atoms with Crippen LogP contribution < -0.4 is 10.6 Å². The van der Waals surface area contributed by atoms with Crippen molar-refractivity contribution < 1.29 is 4.74 Å². The van der Waals surface area contributed by atoms with Gasteiger partial charge in [0.05, 0.1) is 18.5 Å². The van der Waals surface area contributed by atoms with Crippen LogP contribution in [0.2, 0.25) is 0 Å². The average molecular weight is 199 g/mol. The summed E-state index contributed by atoms with van der Waals surface area (Å²) in [6.07, 6.45) is 1.71. The third-order valence-corrected chi connectivity index (χ3v) is 1.73. The van der Waals surface area contributed by atoms with Crippen molar-refractivity contribution in [3.05, 3.63) is 11.9 Å². The monoisotopic (exact) mass is 199 g/mol. The van der Waals surface area contributed by atoms with Gasteiger partial charge in [0, 0.05) is 33.3 Å². The van der Waals surface area contributed by atoms with Crippen molar-refractivity contribution in [1.29, 1.82) is 0 Å². The van der Waals surface area contributed by atoms with Crippen molar-refractivity contribution in [1.82, 2.24) is 26.0 Å². The number of H-pyrrole nitrogens is 1. The Labute approximate surface area is 83.4 Å². The number of hydrogen-bond donors (Lipinski definition) is 3. The maximum Gasteiger partial charge on any atom is 0.0962 e. The van der Waals surface area contributed by atoms with Crippen LogP contribution in [-0.2, 0) is 11.3 Å². The second-order valence-electron chi connectivity index (χ2n) is 2.88. The number of aromatic amines is 1. The molecule has 1 aromatic heterocycles. The van der Waals surface area contributed by atoms with Crippen LogP contribution in [0.3, 0.4) is 0 Å². The molecular formula is C8H17N5O. The molecule has 0 bridgehead atoms.